The summed E-state index contributed by atoms with van der Waals surface area (Å²) in [6, 6.07) is 6.22. The highest BCUT2D eigenvalue weighted by Gasteiger charge is 2.32. The van der Waals surface area contributed by atoms with Gasteiger partial charge in [-0.15, -0.1) is 11.8 Å². The van der Waals surface area contributed by atoms with Gasteiger partial charge in [-0.25, -0.2) is 0 Å². The van der Waals surface area contributed by atoms with Crippen molar-refractivity contribution in [1.82, 2.24) is 5.32 Å². The minimum absolute atomic E-state index is 0.0590. The number of rotatable bonds is 5. The zero-order valence-corrected chi connectivity index (χ0v) is 12.8. The first-order valence-corrected chi connectivity index (χ1v) is 7.74. The van der Waals surface area contributed by atoms with Crippen molar-refractivity contribution in [3.05, 3.63) is 29.3 Å². The van der Waals surface area contributed by atoms with Crippen LogP contribution < -0.4 is 5.32 Å². The molecule has 1 amide bonds. The van der Waals surface area contributed by atoms with Gasteiger partial charge in [-0.05, 0) is 25.5 Å². The third kappa shape index (κ3) is 4.23. The van der Waals surface area contributed by atoms with Crippen molar-refractivity contribution in [2.75, 3.05) is 25.5 Å². The number of aryl methyl sites for hydroxylation is 2. The number of amides is 1. The molecule has 1 unspecified atom stereocenters. The van der Waals surface area contributed by atoms with E-state index in [1.807, 2.05) is 13.8 Å². The lowest BCUT2D eigenvalue weighted by Crippen LogP contribution is -2.43. The molecule has 1 aromatic carbocycles. The molecule has 0 bridgehead atoms. The SMILES string of the molecule is Cc1ccc(C)c(SCC(=O)NCC2(O)CCOC2)c1. The Hall–Kier alpha value is -1.04. The Morgan fingerprint density at radius 1 is 1.50 bits per heavy atom. The standard InChI is InChI=1S/C15H21NO3S/c1-11-3-4-12(2)13(7-11)20-8-14(17)16-9-15(18)5-6-19-10-15/h3-4,7,18H,5-6,8-10H2,1-2H3,(H,16,17). The van der Waals surface area contributed by atoms with Gasteiger partial charge in [-0.3, -0.25) is 4.79 Å². The molecule has 0 saturated carbocycles. The second-order valence-corrected chi connectivity index (χ2v) is 6.38. The van der Waals surface area contributed by atoms with Crippen molar-refractivity contribution in [3.63, 3.8) is 0 Å². The molecule has 1 aliphatic rings. The van der Waals surface area contributed by atoms with E-state index in [1.165, 1.54) is 22.9 Å². The quantitative estimate of drug-likeness (QED) is 0.811. The summed E-state index contributed by atoms with van der Waals surface area (Å²) < 4.78 is 5.14. The Kier molecular flexibility index (Phi) is 5.07. The van der Waals surface area contributed by atoms with Crippen LogP contribution in [0.25, 0.3) is 0 Å². The van der Waals surface area contributed by atoms with Crippen LogP contribution in [0.5, 0.6) is 0 Å². The summed E-state index contributed by atoms with van der Waals surface area (Å²) in [5.74, 6) is 0.303. The van der Waals surface area contributed by atoms with Crippen LogP contribution in [-0.4, -0.2) is 42.1 Å². The molecule has 0 aliphatic carbocycles. The molecule has 110 valence electrons. The van der Waals surface area contributed by atoms with Crippen LogP contribution in [-0.2, 0) is 9.53 Å². The Morgan fingerprint density at radius 2 is 2.30 bits per heavy atom. The summed E-state index contributed by atoms with van der Waals surface area (Å²) in [6.45, 7) is 5.21. The number of hydrogen-bond acceptors (Lipinski definition) is 4. The number of aliphatic hydroxyl groups is 1. The summed E-state index contributed by atoms with van der Waals surface area (Å²) in [5, 5.41) is 12.8. The molecule has 1 atom stereocenters. The molecule has 2 rings (SSSR count). The minimum atomic E-state index is -0.889. The molecule has 1 aromatic rings. The summed E-state index contributed by atoms with van der Waals surface area (Å²) in [5.41, 5.74) is 1.48. The molecule has 1 fully saturated rings. The first kappa shape index (κ1) is 15.4. The summed E-state index contributed by atoms with van der Waals surface area (Å²) in [7, 11) is 0. The fourth-order valence-electron chi connectivity index (χ4n) is 2.06. The van der Waals surface area contributed by atoms with Crippen LogP contribution in [0.2, 0.25) is 0 Å². The number of carbonyl (C=O) groups is 1. The monoisotopic (exact) mass is 295 g/mol. The van der Waals surface area contributed by atoms with Crippen LogP contribution in [0, 0.1) is 13.8 Å². The van der Waals surface area contributed by atoms with Crippen molar-refractivity contribution in [2.24, 2.45) is 0 Å². The van der Waals surface area contributed by atoms with Gasteiger partial charge in [0.2, 0.25) is 5.91 Å². The highest BCUT2D eigenvalue weighted by molar-refractivity contribution is 8.00. The van der Waals surface area contributed by atoms with Crippen LogP contribution in [0.3, 0.4) is 0 Å². The van der Waals surface area contributed by atoms with Crippen LogP contribution >= 0.6 is 11.8 Å². The summed E-state index contributed by atoms with van der Waals surface area (Å²) in [4.78, 5) is 13.0. The molecule has 1 aliphatic heterocycles. The van der Waals surface area contributed by atoms with Gasteiger partial charge in [0.1, 0.15) is 5.60 Å². The van der Waals surface area contributed by atoms with Crippen molar-refractivity contribution in [1.29, 1.82) is 0 Å². The predicted molar refractivity (Wildman–Crippen MR) is 80.0 cm³/mol. The lowest BCUT2D eigenvalue weighted by Gasteiger charge is -2.20. The van der Waals surface area contributed by atoms with Gasteiger partial charge in [0.25, 0.3) is 0 Å². The smallest absolute Gasteiger partial charge is 0.230 e. The van der Waals surface area contributed by atoms with E-state index in [4.69, 9.17) is 4.74 Å². The largest absolute Gasteiger partial charge is 0.386 e. The normalized spacial score (nSPS) is 21.9. The Balaban J connectivity index is 1.79. The molecule has 1 saturated heterocycles. The van der Waals surface area contributed by atoms with E-state index in [0.29, 0.717) is 25.4 Å². The van der Waals surface area contributed by atoms with E-state index >= 15 is 0 Å². The molecule has 20 heavy (non-hydrogen) atoms. The van der Waals surface area contributed by atoms with E-state index in [2.05, 4.69) is 23.5 Å². The maximum atomic E-state index is 11.8. The van der Waals surface area contributed by atoms with E-state index < -0.39 is 5.60 Å². The van der Waals surface area contributed by atoms with Crippen molar-refractivity contribution in [2.45, 2.75) is 30.8 Å². The number of nitrogens with one attached hydrogen (secondary N) is 1. The number of hydrogen-bond donors (Lipinski definition) is 2. The minimum Gasteiger partial charge on any atom is -0.386 e. The van der Waals surface area contributed by atoms with Gasteiger partial charge in [-0.1, -0.05) is 17.7 Å². The maximum absolute atomic E-state index is 11.8. The lowest BCUT2D eigenvalue weighted by molar-refractivity contribution is -0.119. The lowest BCUT2D eigenvalue weighted by atomic mass is 10.0. The van der Waals surface area contributed by atoms with Gasteiger partial charge in [0.15, 0.2) is 0 Å². The second kappa shape index (κ2) is 6.61. The zero-order valence-electron chi connectivity index (χ0n) is 11.9. The second-order valence-electron chi connectivity index (χ2n) is 5.36. The van der Waals surface area contributed by atoms with Crippen LogP contribution in [0.15, 0.2) is 23.1 Å². The van der Waals surface area contributed by atoms with Gasteiger partial charge < -0.3 is 15.2 Å². The van der Waals surface area contributed by atoms with Gasteiger partial charge in [0.05, 0.1) is 12.4 Å². The number of thioether (sulfide) groups is 1. The predicted octanol–water partition coefficient (Wildman–Crippen LogP) is 1.66. The molecule has 1 heterocycles. The summed E-state index contributed by atoms with van der Waals surface area (Å²) >= 11 is 1.53. The Labute approximate surface area is 123 Å². The van der Waals surface area contributed by atoms with E-state index in [0.717, 1.165) is 4.90 Å². The van der Waals surface area contributed by atoms with Crippen molar-refractivity contribution in [3.8, 4) is 0 Å². The average molecular weight is 295 g/mol. The molecule has 5 heteroatoms. The van der Waals surface area contributed by atoms with Crippen LogP contribution in [0.4, 0.5) is 0 Å². The van der Waals surface area contributed by atoms with Crippen LogP contribution in [0.1, 0.15) is 17.5 Å². The third-order valence-corrected chi connectivity index (χ3v) is 4.56. The number of ether oxygens (including phenoxy) is 1. The fraction of sp³-hybridized carbons (Fsp3) is 0.533. The molecule has 4 nitrogen and oxygen atoms in total. The molecular weight excluding hydrogens is 274 g/mol. The highest BCUT2D eigenvalue weighted by Crippen LogP contribution is 2.23. The average Bonchev–Trinajstić information content (AvgIpc) is 2.85. The maximum Gasteiger partial charge on any atom is 0.230 e. The van der Waals surface area contributed by atoms with Crippen molar-refractivity contribution >= 4 is 17.7 Å². The highest BCUT2D eigenvalue weighted by atomic mass is 32.2. The van der Waals surface area contributed by atoms with Gasteiger partial charge >= 0.3 is 0 Å². The zero-order chi connectivity index (χ0) is 14.6. The molecule has 0 spiro atoms. The van der Waals surface area contributed by atoms with E-state index in [9.17, 15) is 9.90 Å². The topological polar surface area (TPSA) is 58.6 Å². The molecule has 0 aromatic heterocycles. The van der Waals surface area contributed by atoms with E-state index in [1.54, 1.807) is 0 Å². The summed E-state index contributed by atoms with van der Waals surface area (Å²) in [6.07, 6.45) is 0.581. The first-order valence-electron chi connectivity index (χ1n) is 6.75. The molecular formula is C15H21NO3S. The number of carbonyl (C=O) groups excluding carboxylic acids is 1. The van der Waals surface area contributed by atoms with Gasteiger partial charge in [0, 0.05) is 24.5 Å². The number of benzene rings is 1. The Bertz CT molecular complexity index is 484. The fourth-order valence-corrected chi connectivity index (χ4v) is 3.01. The first-order chi connectivity index (χ1) is 9.48. The van der Waals surface area contributed by atoms with E-state index in [-0.39, 0.29) is 12.5 Å². The molecule has 2 N–H and O–H groups in total. The van der Waals surface area contributed by atoms with Gasteiger partial charge in [-0.2, -0.15) is 0 Å². The van der Waals surface area contributed by atoms with Crippen molar-refractivity contribution < 1.29 is 14.6 Å². The Morgan fingerprint density at radius 3 is 3.00 bits per heavy atom. The molecule has 0 radical (unpaired) electrons. The third-order valence-electron chi connectivity index (χ3n) is 3.40.